The molecule has 0 heterocycles. The van der Waals surface area contributed by atoms with Gasteiger partial charge in [-0.15, -0.1) is 0 Å². The first kappa shape index (κ1) is 15.3. The molecule has 0 unspecified atom stereocenters. The Labute approximate surface area is 132 Å². The average molecular weight is 347 g/mol. The van der Waals surface area contributed by atoms with Gasteiger partial charge >= 0.3 is 5.97 Å². The van der Waals surface area contributed by atoms with Gasteiger partial charge in [-0.1, -0.05) is 36.4 Å². The summed E-state index contributed by atoms with van der Waals surface area (Å²) in [4.78, 5) is 10.5. The molecule has 4 heteroatoms. The number of aliphatic carboxylic acids is 1. The molecule has 0 radical (unpaired) electrons. The quantitative estimate of drug-likeness (QED) is 0.798. The summed E-state index contributed by atoms with van der Waals surface area (Å²) in [6.45, 7) is 0.590. The van der Waals surface area contributed by atoms with Crippen molar-refractivity contribution < 1.29 is 14.6 Å². The molecule has 0 atom stereocenters. The van der Waals surface area contributed by atoms with Gasteiger partial charge in [0.25, 0.3) is 0 Å². The molecule has 2 rings (SSSR count). The highest BCUT2D eigenvalue weighted by molar-refractivity contribution is 9.10. The molecule has 21 heavy (non-hydrogen) atoms. The van der Waals surface area contributed by atoms with Crippen LogP contribution < -0.4 is 4.74 Å². The number of hydrogen-bond donors (Lipinski definition) is 1. The number of carboxylic acids is 1. The Kier molecular flexibility index (Phi) is 5.58. The van der Waals surface area contributed by atoms with Gasteiger partial charge in [0.1, 0.15) is 5.75 Å². The average Bonchev–Trinajstić information content (AvgIpc) is 2.48. The fraction of sp³-hybridized carbons (Fsp3) is 0.118. The Morgan fingerprint density at radius 3 is 2.62 bits per heavy atom. The van der Waals surface area contributed by atoms with E-state index in [0.717, 1.165) is 28.3 Å². The van der Waals surface area contributed by atoms with Gasteiger partial charge in [0.05, 0.1) is 11.1 Å². The zero-order chi connectivity index (χ0) is 15.1. The first-order valence-electron chi connectivity index (χ1n) is 6.52. The molecule has 108 valence electrons. The van der Waals surface area contributed by atoms with Crippen LogP contribution in [0.15, 0.2) is 59.1 Å². The normalized spacial score (nSPS) is 10.7. The Morgan fingerprint density at radius 2 is 1.95 bits per heavy atom. The van der Waals surface area contributed by atoms with Crippen LogP contribution in [-0.4, -0.2) is 17.7 Å². The largest absolute Gasteiger partial charge is 0.492 e. The minimum atomic E-state index is -0.964. The van der Waals surface area contributed by atoms with Gasteiger partial charge in [-0.05, 0) is 45.3 Å². The number of carboxylic acid groups (broad SMARTS) is 1. The van der Waals surface area contributed by atoms with E-state index in [4.69, 9.17) is 9.84 Å². The van der Waals surface area contributed by atoms with Crippen molar-refractivity contribution in [2.45, 2.75) is 6.42 Å². The zero-order valence-corrected chi connectivity index (χ0v) is 12.9. The Balaban J connectivity index is 1.93. The molecular weight excluding hydrogens is 332 g/mol. The Bertz CT molecular complexity index is 636. The maximum absolute atomic E-state index is 10.5. The van der Waals surface area contributed by atoms with E-state index >= 15 is 0 Å². The topological polar surface area (TPSA) is 46.5 Å². The van der Waals surface area contributed by atoms with E-state index in [9.17, 15) is 4.79 Å². The minimum Gasteiger partial charge on any atom is -0.492 e. The molecular formula is C17H15BrO3. The fourth-order valence-corrected chi connectivity index (χ4v) is 2.34. The smallest absolute Gasteiger partial charge is 0.328 e. The van der Waals surface area contributed by atoms with Crippen molar-refractivity contribution in [1.82, 2.24) is 0 Å². The summed E-state index contributed by atoms with van der Waals surface area (Å²) >= 11 is 3.43. The Hall–Kier alpha value is -2.07. The first-order chi connectivity index (χ1) is 10.1. The zero-order valence-electron chi connectivity index (χ0n) is 11.3. The van der Waals surface area contributed by atoms with E-state index in [1.165, 1.54) is 5.56 Å². The van der Waals surface area contributed by atoms with E-state index in [2.05, 4.69) is 28.1 Å². The van der Waals surface area contributed by atoms with Crippen LogP contribution in [-0.2, 0) is 11.2 Å². The van der Waals surface area contributed by atoms with Crippen molar-refractivity contribution in [1.29, 1.82) is 0 Å². The number of rotatable bonds is 6. The van der Waals surface area contributed by atoms with Crippen molar-refractivity contribution in [2.24, 2.45) is 0 Å². The molecule has 2 aromatic carbocycles. The van der Waals surface area contributed by atoms with Crippen molar-refractivity contribution in [3.8, 4) is 5.75 Å². The predicted octanol–water partition coefficient (Wildman–Crippen LogP) is 4.17. The third-order valence-electron chi connectivity index (χ3n) is 2.87. The van der Waals surface area contributed by atoms with Gasteiger partial charge in [-0.2, -0.15) is 0 Å². The lowest BCUT2D eigenvalue weighted by Gasteiger charge is -2.09. The van der Waals surface area contributed by atoms with Crippen molar-refractivity contribution in [2.75, 3.05) is 6.61 Å². The summed E-state index contributed by atoms with van der Waals surface area (Å²) in [7, 11) is 0. The number of halogens is 1. The van der Waals surface area contributed by atoms with Gasteiger partial charge in [0, 0.05) is 12.5 Å². The molecule has 1 N–H and O–H groups in total. The van der Waals surface area contributed by atoms with E-state index in [1.807, 2.05) is 36.4 Å². The van der Waals surface area contributed by atoms with Gasteiger partial charge in [-0.3, -0.25) is 0 Å². The summed E-state index contributed by atoms with van der Waals surface area (Å²) < 4.78 is 6.54. The SMILES string of the molecule is O=C(O)/C=C/c1ccc(OCCc2ccccc2)c(Br)c1. The molecule has 3 nitrogen and oxygen atoms in total. The Morgan fingerprint density at radius 1 is 1.19 bits per heavy atom. The third kappa shape index (κ3) is 5.08. The van der Waals surface area contributed by atoms with E-state index in [1.54, 1.807) is 6.08 Å². The maximum Gasteiger partial charge on any atom is 0.328 e. The molecule has 0 spiro atoms. The van der Waals surface area contributed by atoms with Crippen molar-refractivity contribution in [3.63, 3.8) is 0 Å². The van der Waals surface area contributed by atoms with Crippen LogP contribution in [0.4, 0.5) is 0 Å². The second-order valence-corrected chi connectivity index (χ2v) is 5.30. The first-order valence-corrected chi connectivity index (χ1v) is 7.32. The molecule has 2 aromatic rings. The molecule has 0 fully saturated rings. The van der Waals surface area contributed by atoms with E-state index in [0.29, 0.717) is 6.61 Å². The summed E-state index contributed by atoms with van der Waals surface area (Å²) in [5.41, 5.74) is 2.04. The van der Waals surface area contributed by atoms with Crippen LogP contribution in [0, 0.1) is 0 Å². The van der Waals surface area contributed by atoms with Gasteiger partial charge in [0.2, 0.25) is 0 Å². The molecule has 0 saturated heterocycles. The molecule has 0 saturated carbocycles. The molecule has 0 aliphatic rings. The minimum absolute atomic E-state index is 0.590. The van der Waals surface area contributed by atoms with E-state index < -0.39 is 5.97 Å². The number of hydrogen-bond acceptors (Lipinski definition) is 2. The van der Waals surface area contributed by atoms with Crippen LogP contribution in [0.3, 0.4) is 0 Å². The number of carbonyl (C=O) groups is 1. The summed E-state index contributed by atoms with van der Waals surface area (Å²) in [5, 5.41) is 8.60. The highest BCUT2D eigenvalue weighted by Gasteiger charge is 2.02. The predicted molar refractivity (Wildman–Crippen MR) is 86.5 cm³/mol. The molecule has 0 bridgehead atoms. The van der Waals surface area contributed by atoms with Crippen LogP contribution >= 0.6 is 15.9 Å². The lowest BCUT2D eigenvalue weighted by atomic mass is 10.2. The molecule has 0 aliphatic carbocycles. The van der Waals surface area contributed by atoms with Crippen LogP contribution in [0.2, 0.25) is 0 Å². The second-order valence-electron chi connectivity index (χ2n) is 4.45. The highest BCUT2D eigenvalue weighted by Crippen LogP contribution is 2.26. The lowest BCUT2D eigenvalue weighted by Crippen LogP contribution is -2.01. The molecule has 0 amide bonds. The fourth-order valence-electron chi connectivity index (χ4n) is 1.83. The monoisotopic (exact) mass is 346 g/mol. The number of benzene rings is 2. The molecule has 0 aliphatic heterocycles. The van der Waals surface area contributed by atoms with Gasteiger partial charge < -0.3 is 9.84 Å². The maximum atomic E-state index is 10.5. The summed E-state index contributed by atoms with van der Waals surface area (Å²) in [6, 6.07) is 15.6. The standard InChI is InChI=1S/C17H15BrO3/c18-15-12-14(7-9-17(19)20)6-8-16(15)21-11-10-13-4-2-1-3-5-13/h1-9,12H,10-11H2,(H,19,20)/b9-7+. The van der Waals surface area contributed by atoms with Crippen LogP contribution in [0.5, 0.6) is 5.75 Å². The van der Waals surface area contributed by atoms with Crippen LogP contribution in [0.1, 0.15) is 11.1 Å². The highest BCUT2D eigenvalue weighted by atomic mass is 79.9. The molecule has 0 aromatic heterocycles. The summed E-state index contributed by atoms with van der Waals surface area (Å²) in [5.74, 6) is -0.215. The van der Waals surface area contributed by atoms with Crippen LogP contribution in [0.25, 0.3) is 6.08 Å². The van der Waals surface area contributed by atoms with Gasteiger partial charge in [0.15, 0.2) is 0 Å². The lowest BCUT2D eigenvalue weighted by molar-refractivity contribution is -0.131. The number of ether oxygens (including phenoxy) is 1. The third-order valence-corrected chi connectivity index (χ3v) is 3.49. The van der Waals surface area contributed by atoms with Crippen molar-refractivity contribution >= 4 is 28.0 Å². The summed E-state index contributed by atoms with van der Waals surface area (Å²) in [6.07, 6.45) is 3.49. The van der Waals surface area contributed by atoms with Crippen molar-refractivity contribution in [3.05, 3.63) is 70.2 Å². The van der Waals surface area contributed by atoms with E-state index in [-0.39, 0.29) is 0 Å². The second kappa shape index (κ2) is 7.64. The van der Waals surface area contributed by atoms with Gasteiger partial charge in [-0.25, -0.2) is 4.79 Å².